The molecule has 2 aromatic heterocycles. The lowest BCUT2D eigenvalue weighted by atomic mass is 10.2. The Bertz CT molecular complexity index is 433. The fourth-order valence-electron chi connectivity index (χ4n) is 1.36. The van der Waals surface area contributed by atoms with Crippen LogP contribution in [0.25, 0.3) is 0 Å². The molecule has 0 aliphatic carbocycles. The van der Waals surface area contributed by atoms with Gasteiger partial charge in [-0.25, -0.2) is 4.98 Å². The lowest BCUT2D eigenvalue weighted by molar-refractivity contribution is 1.08. The van der Waals surface area contributed by atoms with Crippen LogP contribution in [0.5, 0.6) is 0 Å². The van der Waals surface area contributed by atoms with E-state index in [1.165, 1.54) is 21.8 Å². The van der Waals surface area contributed by atoms with E-state index in [1.54, 1.807) is 17.5 Å². The average molecular weight is 239 g/mol. The zero-order chi connectivity index (χ0) is 10.7. The number of nitrogens with one attached hydrogen (secondary N) is 1. The Morgan fingerprint density at radius 3 is 3.07 bits per heavy atom. The minimum Gasteiger partial charge on any atom is -0.389 e. The maximum atomic E-state index is 5.60. The van der Waals surface area contributed by atoms with Crippen LogP contribution in [0.4, 0.5) is 10.1 Å². The van der Waals surface area contributed by atoms with Gasteiger partial charge in [-0.2, -0.15) is 0 Å². The average Bonchev–Trinajstić information content (AvgIpc) is 2.83. The van der Waals surface area contributed by atoms with Crippen LogP contribution in [0.1, 0.15) is 17.4 Å². The first-order chi connectivity index (χ1) is 7.29. The number of nitrogens with zero attached hydrogens (tertiary/aromatic N) is 1. The number of hydrogen-bond donors (Lipinski definition) is 2. The first-order valence-electron chi connectivity index (χ1n) is 4.80. The number of thiazole rings is 1. The Morgan fingerprint density at radius 2 is 2.40 bits per heavy atom. The molecule has 0 saturated carbocycles. The van der Waals surface area contributed by atoms with Gasteiger partial charge in [0, 0.05) is 4.88 Å². The zero-order valence-corrected chi connectivity index (χ0v) is 10.1. The third kappa shape index (κ3) is 2.49. The Morgan fingerprint density at radius 1 is 1.53 bits per heavy atom. The minimum absolute atomic E-state index is 0.749. The molecular weight excluding hydrogens is 226 g/mol. The molecule has 2 heterocycles. The first kappa shape index (κ1) is 10.4. The molecule has 3 nitrogen and oxygen atoms in total. The number of thiophene rings is 1. The van der Waals surface area contributed by atoms with Crippen LogP contribution in [-0.4, -0.2) is 4.98 Å². The fraction of sp³-hybridized carbons (Fsp3) is 0.300. The van der Waals surface area contributed by atoms with Gasteiger partial charge in [0.1, 0.15) is 5.00 Å². The van der Waals surface area contributed by atoms with Crippen molar-refractivity contribution in [3.63, 3.8) is 0 Å². The van der Waals surface area contributed by atoms with Gasteiger partial charge in [0.15, 0.2) is 5.13 Å². The molecule has 2 aromatic rings. The van der Waals surface area contributed by atoms with Crippen molar-refractivity contribution in [2.75, 3.05) is 11.1 Å². The maximum absolute atomic E-state index is 5.60. The SMILES string of the molecule is CCc1ccsc1CNc1ncc(N)s1. The molecule has 0 spiro atoms. The highest BCUT2D eigenvalue weighted by Gasteiger charge is 2.03. The standard InChI is InChI=1S/C10H13N3S2/c1-2-7-3-4-14-8(7)5-12-10-13-6-9(11)15-10/h3-4,6H,2,5,11H2,1H3,(H,12,13). The molecule has 0 radical (unpaired) electrons. The van der Waals surface area contributed by atoms with Crippen LogP contribution >= 0.6 is 22.7 Å². The van der Waals surface area contributed by atoms with Crippen molar-refractivity contribution in [2.24, 2.45) is 0 Å². The van der Waals surface area contributed by atoms with Crippen molar-refractivity contribution in [3.8, 4) is 0 Å². The van der Waals surface area contributed by atoms with E-state index in [9.17, 15) is 0 Å². The predicted molar refractivity (Wildman–Crippen MR) is 67.6 cm³/mol. The molecule has 0 atom stereocenters. The van der Waals surface area contributed by atoms with Gasteiger partial charge in [-0.05, 0) is 23.4 Å². The van der Waals surface area contributed by atoms with Crippen molar-refractivity contribution in [1.82, 2.24) is 4.98 Å². The highest BCUT2D eigenvalue weighted by atomic mass is 32.1. The highest BCUT2D eigenvalue weighted by molar-refractivity contribution is 7.19. The monoisotopic (exact) mass is 239 g/mol. The van der Waals surface area contributed by atoms with Crippen molar-refractivity contribution in [2.45, 2.75) is 19.9 Å². The summed E-state index contributed by atoms with van der Waals surface area (Å²) in [5.74, 6) is 0. The van der Waals surface area contributed by atoms with Gasteiger partial charge >= 0.3 is 0 Å². The third-order valence-corrected chi connectivity index (χ3v) is 3.89. The van der Waals surface area contributed by atoms with Crippen LogP contribution in [0, 0.1) is 0 Å². The Kier molecular flexibility index (Phi) is 3.23. The lowest BCUT2D eigenvalue weighted by Crippen LogP contribution is -1.98. The summed E-state index contributed by atoms with van der Waals surface area (Å²) in [4.78, 5) is 5.54. The second kappa shape index (κ2) is 4.63. The van der Waals surface area contributed by atoms with E-state index in [2.05, 4.69) is 28.7 Å². The zero-order valence-electron chi connectivity index (χ0n) is 8.49. The molecule has 3 N–H and O–H groups in total. The van der Waals surface area contributed by atoms with Crippen LogP contribution < -0.4 is 11.1 Å². The first-order valence-corrected chi connectivity index (χ1v) is 6.49. The van der Waals surface area contributed by atoms with E-state index in [-0.39, 0.29) is 0 Å². The molecule has 0 bridgehead atoms. The number of aryl methyl sites for hydroxylation is 1. The number of nitrogens with two attached hydrogens (primary N) is 1. The third-order valence-electron chi connectivity index (χ3n) is 2.14. The number of rotatable bonds is 4. The normalized spacial score (nSPS) is 10.5. The molecule has 0 amide bonds. The number of nitrogen functional groups attached to an aromatic ring is 1. The number of hydrogen-bond acceptors (Lipinski definition) is 5. The van der Waals surface area contributed by atoms with Crippen LogP contribution in [0.15, 0.2) is 17.6 Å². The highest BCUT2D eigenvalue weighted by Crippen LogP contribution is 2.22. The molecule has 0 unspecified atom stereocenters. The molecule has 0 aliphatic heterocycles. The van der Waals surface area contributed by atoms with Crippen molar-refractivity contribution < 1.29 is 0 Å². The topological polar surface area (TPSA) is 50.9 Å². The molecule has 80 valence electrons. The van der Waals surface area contributed by atoms with Gasteiger partial charge in [-0.3, -0.25) is 0 Å². The molecule has 5 heteroatoms. The summed E-state index contributed by atoms with van der Waals surface area (Å²) in [7, 11) is 0. The van der Waals surface area contributed by atoms with Gasteiger partial charge in [0.2, 0.25) is 0 Å². The van der Waals surface area contributed by atoms with E-state index in [0.717, 1.165) is 23.1 Å². The summed E-state index contributed by atoms with van der Waals surface area (Å²) < 4.78 is 0. The predicted octanol–water partition coefficient (Wildman–Crippen LogP) is 2.96. The van der Waals surface area contributed by atoms with E-state index >= 15 is 0 Å². The summed E-state index contributed by atoms with van der Waals surface area (Å²) in [6.07, 6.45) is 2.77. The second-order valence-corrected chi connectivity index (χ2v) is 5.21. The summed E-state index contributed by atoms with van der Waals surface area (Å²) in [5, 5.41) is 7.05. The van der Waals surface area contributed by atoms with Crippen molar-refractivity contribution in [1.29, 1.82) is 0 Å². The van der Waals surface area contributed by atoms with Gasteiger partial charge in [-0.1, -0.05) is 18.3 Å². The van der Waals surface area contributed by atoms with E-state index in [4.69, 9.17) is 5.73 Å². The molecule has 0 aromatic carbocycles. The van der Waals surface area contributed by atoms with Gasteiger partial charge in [0.05, 0.1) is 12.7 Å². The number of anilines is 2. The van der Waals surface area contributed by atoms with Crippen molar-refractivity contribution in [3.05, 3.63) is 28.1 Å². The summed E-state index contributed by atoms with van der Waals surface area (Å²) in [6.45, 7) is 3.01. The minimum atomic E-state index is 0.749. The summed E-state index contributed by atoms with van der Waals surface area (Å²) in [5.41, 5.74) is 7.02. The molecule has 0 saturated heterocycles. The Labute approximate surface area is 97.0 Å². The smallest absolute Gasteiger partial charge is 0.184 e. The largest absolute Gasteiger partial charge is 0.389 e. The number of aromatic nitrogens is 1. The Balaban J connectivity index is 1.98. The molecule has 2 rings (SSSR count). The molecule has 15 heavy (non-hydrogen) atoms. The van der Waals surface area contributed by atoms with Crippen LogP contribution in [0.2, 0.25) is 0 Å². The van der Waals surface area contributed by atoms with Gasteiger partial charge < -0.3 is 11.1 Å². The second-order valence-electron chi connectivity index (χ2n) is 3.14. The van der Waals surface area contributed by atoms with E-state index < -0.39 is 0 Å². The molecule has 0 aliphatic rings. The van der Waals surface area contributed by atoms with Gasteiger partial charge in [0.25, 0.3) is 0 Å². The van der Waals surface area contributed by atoms with Gasteiger partial charge in [-0.15, -0.1) is 11.3 Å². The fourth-order valence-corrected chi connectivity index (χ4v) is 2.86. The maximum Gasteiger partial charge on any atom is 0.184 e. The van der Waals surface area contributed by atoms with Crippen LogP contribution in [0.3, 0.4) is 0 Å². The van der Waals surface area contributed by atoms with E-state index in [0.29, 0.717) is 0 Å². The molecule has 0 fully saturated rings. The van der Waals surface area contributed by atoms with Crippen LogP contribution in [-0.2, 0) is 13.0 Å². The van der Waals surface area contributed by atoms with E-state index in [1.807, 2.05) is 0 Å². The quantitative estimate of drug-likeness (QED) is 0.862. The van der Waals surface area contributed by atoms with Crippen molar-refractivity contribution >= 4 is 32.8 Å². The summed E-state index contributed by atoms with van der Waals surface area (Å²) in [6, 6.07) is 2.18. The lowest BCUT2D eigenvalue weighted by Gasteiger charge is -2.02. The molecular formula is C10H13N3S2. The Hall–Kier alpha value is -1.07. The summed E-state index contributed by atoms with van der Waals surface area (Å²) >= 11 is 3.27.